The first-order valence-corrected chi connectivity index (χ1v) is 9.33. The Hall–Kier alpha value is -2.28. The van der Waals surface area contributed by atoms with Crippen LogP contribution in [0.1, 0.15) is 16.7 Å². The minimum atomic E-state index is -7.74. The van der Waals surface area contributed by atoms with Crippen LogP contribution >= 0.6 is 15.9 Å². The Balaban J connectivity index is 2.87. The zero-order valence-electron chi connectivity index (χ0n) is 16.4. The number of ketones is 1. The van der Waals surface area contributed by atoms with Gasteiger partial charge in [0, 0.05) is 4.47 Å². The molecule has 0 aromatic heterocycles. The molecule has 1 aliphatic carbocycles. The van der Waals surface area contributed by atoms with Gasteiger partial charge in [0.2, 0.25) is 5.78 Å². The van der Waals surface area contributed by atoms with Gasteiger partial charge in [0.25, 0.3) is 0 Å². The Bertz CT molecular complexity index is 1120. The molecule has 0 atom stereocenters. The summed E-state index contributed by atoms with van der Waals surface area (Å²) in [6.45, 7) is 0. The van der Waals surface area contributed by atoms with E-state index in [-0.39, 0.29) is 0 Å². The summed E-state index contributed by atoms with van der Waals surface area (Å²) in [4.78, 5) is 11.8. The fourth-order valence-electron chi connectivity index (χ4n) is 3.00. The van der Waals surface area contributed by atoms with Gasteiger partial charge in [0.1, 0.15) is 0 Å². The summed E-state index contributed by atoms with van der Waals surface area (Å²) in [5.74, 6) is -45.5. The van der Waals surface area contributed by atoms with Crippen molar-refractivity contribution in [2.75, 3.05) is 0 Å². The summed E-state index contributed by atoms with van der Waals surface area (Å²) in [5, 5.41) is 12.1. The third-order valence-electron chi connectivity index (χ3n) is 5.02. The second kappa shape index (κ2) is 8.11. The maximum absolute atomic E-state index is 14.7. The van der Waals surface area contributed by atoms with E-state index < -0.39 is 98.5 Å². The number of hydrogen-bond donors (Lipinski definition) is 0. The highest BCUT2D eigenvalue weighted by Gasteiger charge is 3.02. The fraction of sp³-hybridized carbons (Fsp3) is 0.471. The van der Waals surface area contributed by atoms with Gasteiger partial charge >= 0.3 is 47.6 Å². The van der Waals surface area contributed by atoms with Gasteiger partial charge in [-0.1, -0.05) is 5.76 Å². The van der Waals surface area contributed by atoms with Gasteiger partial charge in [0.05, 0.1) is 11.1 Å². The molecule has 2 nitrogen and oxygen atoms in total. The molecule has 20 heteroatoms. The average molecular weight is 642 g/mol. The lowest BCUT2D eigenvalue weighted by molar-refractivity contribution is -0.475. The largest absolute Gasteiger partial charge is 0.872 e. The van der Waals surface area contributed by atoms with Crippen molar-refractivity contribution in [1.29, 1.82) is 0 Å². The van der Waals surface area contributed by atoms with E-state index in [4.69, 9.17) is 0 Å². The summed E-state index contributed by atoms with van der Waals surface area (Å²) in [5.41, 5.74) is -14.1. The average Bonchev–Trinajstić information content (AvgIpc) is 2.69. The number of carbonyl (C=O) groups excluding carboxylic acids is 1. The first kappa shape index (κ1) is 30.9. The molecule has 1 aromatic rings. The van der Waals surface area contributed by atoms with Crippen LogP contribution in [0.2, 0.25) is 0 Å². The topological polar surface area (TPSA) is 40.1 Å². The highest BCUT2D eigenvalue weighted by atomic mass is 79.9. The van der Waals surface area contributed by atoms with Crippen molar-refractivity contribution in [1.82, 2.24) is 0 Å². The number of hydrogen-bond acceptors (Lipinski definition) is 2. The molecule has 2 rings (SSSR count). The second-order valence-electron chi connectivity index (χ2n) is 7.28. The Morgan fingerprint density at radius 1 is 0.703 bits per heavy atom. The Morgan fingerprint density at radius 2 is 1.08 bits per heavy atom. The molecule has 0 amide bonds. The predicted octanol–water partition coefficient (Wildman–Crippen LogP) is 6.66. The maximum Gasteiger partial charge on any atom is 0.417 e. The van der Waals surface area contributed by atoms with E-state index in [1.807, 2.05) is 15.9 Å². The summed E-state index contributed by atoms with van der Waals surface area (Å²) in [6, 6.07) is -1.21. The van der Waals surface area contributed by atoms with Crippen LogP contribution in [-0.2, 0) is 17.1 Å². The second-order valence-corrected chi connectivity index (χ2v) is 8.08. The molecule has 0 heterocycles. The Labute approximate surface area is 199 Å². The smallest absolute Gasteiger partial charge is 0.417 e. The third kappa shape index (κ3) is 3.86. The van der Waals surface area contributed by atoms with E-state index in [1.54, 1.807) is 0 Å². The van der Waals surface area contributed by atoms with E-state index in [0.717, 1.165) is 0 Å². The minimum Gasteiger partial charge on any atom is -0.872 e. The van der Waals surface area contributed by atoms with Crippen molar-refractivity contribution in [3.63, 3.8) is 0 Å². The first-order chi connectivity index (χ1) is 16.0. The minimum absolute atomic E-state index is 0.565. The molecular formula is C17H3BrF17O2-. The zero-order valence-corrected chi connectivity index (χ0v) is 17.9. The highest BCUT2D eigenvalue weighted by molar-refractivity contribution is 9.10. The van der Waals surface area contributed by atoms with Gasteiger partial charge < -0.3 is 5.11 Å². The highest BCUT2D eigenvalue weighted by Crippen LogP contribution is 2.69. The molecule has 0 aliphatic heterocycles. The van der Waals surface area contributed by atoms with Gasteiger partial charge in [0.15, 0.2) is 0 Å². The molecule has 0 bridgehead atoms. The first-order valence-electron chi connectivity index (χ1n) is 8.54. The number of alkyl halides is 17. The monoisotopic (exact) mass is 641 g/mol. The van der Waals surface area contributed by atoms with Crippen LogP contribution in [0.25, 0.3) is 5.76 Å². The van der Waals surface area contributed by atoms with Crippen LogP contribution in [0, 0.1) is 0 Å². The van der Waals surface area contributed by atoms with Crippen LogP contribution in [-0.4, -0.2) is 41.1 Å². The molecular weight excluding hydrogens is 639 g/mol. The van der Waals surface area contributed by atoms with Crippen molar-refractivity contribution in [2.45, 2.75) is 47.6 Å². The van der Waals surface area contributed by atoms with Gasteiger partial charge in [-0.25, -0.2) is 4.39 Å². The van der Waals surface area contributed by atoms with Crippen molar-refractivity contribution in [2.24, 2.45) is 0 Å². The summed E-state index contributed by atoms with van der Waals surface area (Å²) < 4.78 is 227. The van der Waals surface area contributed by atoms with E-state index >= 15 is 0 Å². The molecule has 0 N–H and O–H groups in total. The van der Waals surface area contributed by atoms with Crippen LogP contribution in [0.4, 0.5) is 74.6 Å². The molecule has 0 saturated heterocycles. The van der Waals surface area contributed by atoms with Crippen molar-refractivity contribution >= 4 is 27.5 Å². The number of halogens is 18. The van der Waals surface area contributed by atoms with Crippen LogP contribution in [0.3, 0.4) is 0 Å². The number of rotatable bonds is 3. The van der Waals surface area contributed by atoms with Crippen LogP contribution in [0.15, 0.2) is 22.7 Å². The van der Waals surface area contributed by atoms with Crippen molar-refractivity contribution in [3.05, 3.63) is 39.4 Å². The van der Waals surface area contributed by atoms with Gasteiger partial charge in [-0.2, -0.15) is 70.2 Å². The molecule has 0 spiro atoms. The van der Waals surface area contributed by atoms with E-state index in [2.05, 4.69) is 0 Å². The lowest BCUT2D eigenvalue weighted by atomic mass is 9.70. The number of benzene rings is 1. The predicted molar refractivity (Wildman–Crippen MR) is 85.7 cm³/mol. The number of carbonyl (C=O) groups is 1. The lowest BCUT2D eigenvalue weighted by Gasteiger charge is -2.51. The molecule has 0 radical (unpaired) electrons. The van der Waals surface area contributed by atoms with Gasteiger partial charge in [-0.3, -0.25) is 4.79 Å². The molecule has 1 aliphatic rings. The molecule has 1 aromatic carbocycles. The Morgan fingerprint density at radius 3 is 1.43 bits per heavy atom. The molecule has 0 unspecified atom stereocenters. The maximum atomic E-state index is 14.7. The van der Waals surface area contributed by atoms with E-state index in [9.17, 15) is 84.5 Å². The zero-order chi connectivity index (χ0) is 29.6. The quantitative estimate of drug-likeness (QED) is 0.211. The summed E-state index contributed by atoms with van der Waals surface area (Å²) in [7, 11) is 0. The van der Waals surface area contributed by atoms with E-state index in [1.165, 1.54) is 0 Å². The lowest BCUT2D eigenvalue weighted by Crippen LogP contribution is -2.85. The molecule has 1 saturated carbocycles. The summed E-state index contributed by atoms with van der Waals surface area (Å²) in [6.07, 6.45) is -13.0. The van der Waals surface area contributed by atoms with Crippen molar-refractivity contribution in [3.8, 4) is 0 Å². The Kier molecular flexibility index (Phi) is 6.78. The standard InChI is InChI=1S/C17H4BrF17O2/c18-9-5(1-4(11(20,21)22)2-6(9)12(23,24)25)7(36)3-8(37)10(19)13(26,27)15(30,31)17(34,35)16(32,33)14(10,28)29/h1-3,36H/p-1/b7-3-. The normalized spacial score (nSPS) is 24.0. The van der Waals surface area contributed by atoms with Gasteiger partial charge in [-0.15, -0.1) is 0 Å². The molecule has 37 heavy (non-hydrogen) atoms. The number of allylic oxidation sites excluding steroid dienone is 1. The van der Waals surface area contributed by atoms with Crippen LogP contribution < -0.4 is 5.11 Å². The molecule has 1 fully saturated rings. The van der Waals surface area contributed by atoms with Crippen molar-refractivity contribution < 1.29 is 84.5 Å². The van der Waals surface area contributed by atoms with E-state index in [0.29, 0.717) is 0 Å². The fourth-order valence-corrected chi connectivity index (χ4v) is 3.65. The SMILES string of the molecule is O=C(/C=C(\[O-])c1cc(C(F)(F)F)cc(C(F)(F)F)c1Br)C1(F)C(F)(F)C(F)(F)C(F)(F)C(F)(F)C1(F)F. The third-order valence-corrected chi connectivity index (χ3v) is 5.87. The summed E-state index contributed by atoms with van der Waals surface area (Å²) >= 11 is 1.95. The van der Waals surface area contributed by atoms with Gasteiger partial charge in [-0.05, 0) is 39.7 Å². The van der Waals surface area contributed by atoms with Crippen LogP contribution in [0.5, 0.6) is 0 Å². The molecule has 210 valence electrons.